The van der Waals surface area contributed by atoms with E-state index in [4.69, 9.17) is 10.5 Å². The van der Waals surface area contributed by atoms with Gasteiger partial charge in [0.25, 0.3) is 0 Å². The van der Waals surface area contributed by atoms with Gasteiger partial charge in [0, 0.05) is 31.2 Å². The third-order valence-electron chi connectivity index (χ3n) is 3.56. The summed E-state index contributed by atoms with van der Waals surface area (Å²) in [5.74, 6) is 0. The highest BCUT2D eigenvalue weighted by atomic mass is 16.5. The van der Waals surface area contributed by atoms with Crippen molar-refractivity contribution in [1.82, 2.24) is 14.9 Å². The maximum Gasteiger partial charge on any atom is 0.137 e. The number of nitrogens with two attached hydrogens (primary N) is 1. The zero-order valence-corrected chi connectivity index (χ0v) is 11.0. The number of ether oxygens (including phenoxy) is 1. The topological polar surface area (TPSA) is 67.2 Å². The average Bonchev–Trinajstić information content (AvgIpc) is 2.87. The Morgan fingerprint density at radius 1 is 1.42 bits per heavy atom. The van der Waals surface area contributed by atoms with Gasteiger partial charge in [-0.1, -0.05) is 0 Å². The lowest BCUT2D eigenvalue weighted by atomic mass is 10.2. The Bertz CT molecular complexity index is 537. The third kappa shape index (κ3) is 2.94. The fourth-order valence-corrected chi connectivity index (χ4v) is 2.57. The van der Waals surface area contributed by atoms with Crippen LogP contribution in [-0.4, -0.2) is 47.2 Å². The monoisotopic (exact) mass is 260 g/mol. The van der Waals surface area contributed by atoms with Crippen LogP contribution < -0.4 is 5.73 Å². The molecule has 0 bridgehead atoms. The molecule has 0 saturated carbocycles. The molecule has 1 atom stereocenters. The molecule has 1 fully saturated rings. The first kappa shape index (κ1) is 12.6. The van der Waals surface area contributed by atoms with E-state index < -0.39 is 0 Å². The van der Waals surface area contributed by atoms with Crippen molar-refractivity contribution in [3.05, 3.63) is 30.1 Å². The second kappa shape index (κ2) is 5.69. The highest BCUT2D eigenvalue weighted by molar-refractivity contribution is 5.75. The molecular weight excluding hydrogens is 240 g/mol. The molecule has 3 N–H and O–H groups in total. The molecule has 5 nitrogen and oxygen atoms in total. The van der Waals surface area contributed by atoms with Crippen molar-refractivity contribution in [2.24, 2.45) is 5.73 Å². The van der Waals surface area contributed by atoms with Crippen molar-refractivity contribution in [2.75, 3.05) is 26.2 Å². The standard InChI is InChI=1S/C14H20N4O/c15-5-3-13-10-18(7-8-19-13)9-12-2-1-11-4-6-16-14(11)17-12/h1-2,4,6,13H,3,5,7-10,15H2,(H,16,17)/t13-/m1/s1. The molecule has 0 amide bonds. The fraction of sp³-hybridized carbons (Fsp3) is 0.500. The van der Waals surface area contributed by atoms with Crippen molar-refractivity contribution in [1.29, 1.82) is 0 Å². The molecule has 1 saturated heterocycles. The van der Waals surface area contributed by atoms with Crippen LogP contribution in [0, 0.1) is 0 Å². The van der Waals surface area contributed by atoms with Crippen LogP contribution in [0.1, 0.15) is 12.1 Å². The molecule has 5 heteroatoms. The van der Waals surface area contributed by atoms with Gasteiger partial charge in [-0.05, 0) is 31.2 Å². The SMILES string of the molecule is NCC[C@@H]1CN(Cc2ccc3cc[nH]c3n2)CCO1. The van der Waals surface area contributed by atoms with Crippen LogP contribution in [-0.2, 0) is 11.3 Å². The van der Waals surface area contributed by atoms with E-state index >= 15 is 0 Å². The number of nitrogens with zero attached hydrogens (tertiary/aromatic N) is 2. The number of rotatable bonds is 4. The maximum atomic E-state index is 5.70. The normalized spacial score (nSPS) is 21.0. The third-order valence-corrected chi connectivity index (χ3v) is 3.56. The molecular formula is C14H20N4O. The Kier molecular flexibility index (Phi) is 3.77. The van der Waals surface area contributed by atoms with Gasteiger partial charge in [-0.25, -0.2) is 4.98 Å². The van der Waals surface area contributed by atoms with Gasteiger partial charge in [0.1, 0.15) is 5.65 Å². The highest BCUT2D eigenvalue weighted by Gasteiger charge is 2.20. The first-order chi connectivity index (χ1) is 9.35. The van der Waals surface area contributed by atoms with E-state index in [2.05, 4.69) is 27.0 Å². The molecule has 0 aromatic carbocycles. The largest absolute Gasteiger partial charge is 0.376 e. The lowest BCUT2D eigenvalue weighted by Gasteiger charge is -2.32. The molecule has 2 aromatic rings. The summed E-state index contributed by atoms with van der Waals surface area (Å²) in [4.78, 5) is 10.2. The fourth-order valence-electron chi connectivity index (χ4n) is 2.57. The Morgan fingerprint density at radius 3 is 3.26 bits per heavy atom. The number of hydrogen-bond acceptors (Lipinski definition) is 4. The van der Waals surface area contributed by atoms with Crippen LogP contribution in [0.5, 0.6) is 0 Å². The van der Waals surface area contributed by atoms with Gasteiger partial charge in [-0.15, -0.1) is 0 Å². The lowest BCUT2D eigenvalue weighted by molar-refractivity contribution is -0.0338. The van der Waals surface area contributed by atoms with Gasteiger partial charge in [0.15, 0.2) is 0 Å². The minimum Gasteiger partial charge on any atom is -0.376 e. The van der Waals surface area contributed by atoms with Gasteiger partial charge in [-0.2, -0.15) is 0 Å². The number of aromatic nitrogens is 2. The number of pyridine rings is 1. The van der Waals surface area contributed by atoms with Gasteiger partial charge < -0.3 is 15.5 Å². The number of morpholine rings is 1. The number of aromatic amines is 1. The van der Waals surface area contributed by atoms with E-state index in [1.165, 1.54) is 0 Å². The van der Waals surface area contributed by atoms with E-state index in [1.807, 2.05) is 12.3 Å². The summed E-state index contributed by atoms with van der Waals surface area (Å²) >= 11 is 0. The summed E-state index contributed by atoms with van der Waals surface area (Å²) in [6.45, 7) is 4.26. The van der Waals surface area contributed by atoms with E-state index in [0.29, 0.717) is 6.54 Å². The van der Waals surface area contributed by atoms with E-state index in [1.54, 1.807) is 0 Å². The van der Waals surface area contributed by atoms with Gasteiger partial charge in [0.2, 0.25) is 0 Å². The van der Waals surface area contributed by atoms with Crippen molar-refractivity contribution in [3.8, 4) is 0 Å². The molecule has 0 unspecified atom stereocenters. The predicted octanol–water partition coefficient (Wildman–Crippen LogP) is 1.11. The average molecular weight is 260 g/mol. The van der Waals surface area contributed by atoms with Crippen molar-refractivity contribution in [3.63, 3.8) is 0 Å². The Morgan fingerprint density at radius 2 is 2.37 bits per heavy atom. The smallest absolute Gasteiger partial charge is 0.137 e. The zero-order valence-electron chi connectivity index (χ0n) is 11.0. The first-order valence-corrected chi connectivity index (χ1v) is 6.82. The molecule has 3 heterocycles. The van der Waals surface area contributed by atoms with E-state index in [9.17, 15) is 0 Å². The minimum atomic E-state index is 0.271. The molecule has 3 rings (SSSR count). The summed E-state index contributed by atoms with van der Waals surface area (Å²) in [6.07, 6.45) is 3.13. The van der Waals surface area contributed by atoms with Gasteiger partial charge in [-0.3, -0.25) is 4.90 Å². The molecule has 19 heavy (non-hydrogen) atoms. The molecule has 1 aliphatic heterocycles. The number of fused-ring (bicyclic) bond motifs is 1. The Labute approximate surface area is 112 Å². The lowest BCUT2D eigenvalue weighted by Crippen LogP contribution is -2.42. The number of hydrogen-bond donors (Lipinski definition) is 2. The molecule has 102 valence electrons. The Hall–Kier alpha value is -1.43. The predicted molar refractivity (Wildman–Crippen MR) is 74.8 cm³/mol. The van der Waals surface area contributed by atoms with Gasteiger partial charge >= 0.3 is 0 Å². The summed E-state index contributed by atoms with van der Waals surface area (Å²) in [5, 5.41) is 1.16. The minimum absolute atomic E-state index is 0.271. The van der Waals surface area contributed by atoms with Crippen LogP contribution >= 0.6 is 0 Å². The van der Waals surface area contributed by atoms with E-state index in [-0.39, 0.29) is 6.10 Å². The highest BCUT2D eigenvalue weighted by Crippen LogP contribution is 2.14. The van der Waals surface area contributed by atoms with Crippen LogP contribution in [0.3, 0.4) is 0 Å². The van der Waals surface area contributed by atoms with Crippen LogP contribution in [0.4, 0.5) is 0 Å². The Balaban J connectivity index is 1.66. The quantitative estimate of drug-likeness (QED) is 0.864. The van der Waals surface area contributed by atoms with Gasteiger partial charge in [0.05, 0.1) is 18.4 Å². The second-order valence-corrected chi connectivity index (χ2v) is 5.02. The summed E-state index contributed by atoms with van der Waals surface area (Å²) < 4.78 is 5.70. The molecule has 0 aliphatic carbocycles. The second-order valence-electron chi connectivity index (χ2n) is 5.02. The zero-order chi connectivity index (χ0) is 13.1. The maximum absolute atomic E-state index is 5.70. The van der Waals surface area contributed by atoms with Crippen molar-refractivity contribution >= 4 is 11.0 Å². The van der Waals surface area contributed by atoms with Crippen molar-refractivity contribution in [2.45, 2.75) is 19.1 Å². The van der Waals surface area contributed by atoms with Crippen LogP contribution in [0.15, 0.2) is 24.4 Å². The number of nitrogens with one attached hydrogen (secondary N) is 1. The first-order valence-electron chi connectivity index (χ1n) is 6.82. The van der Waals surface area contributed by atoms with Crippen molar-refractivity contribution < 1.29 is 4.74 Å². The number of H-pyrrole nitrogens is 1. The molecule has 0 radical (unpaired) electrons. The summed E-state index contributed by atoms with van der Waals surface area (Å²) in [7, 11) is 0. The molecule has 2 aromatic heterocycles. The summed E-state index contributed by atoms with van der Waals surface area (Å²) in [5.41, 5.74) is 7.66. The molecule has 0 spiro atoms. The van der Waals surface area contributed by atoms with E-state index in [0.717, 1.165) is 49.4 Å². The molecule has 1 aliphatic rings. The van der Waals surface area contributed by atoms with Crippen LogP contribution in [0.2, 0.25) is 0 Å². The summed E-state index contributed by atoms with van der Waals surface area (Å²) in [6, 6.07) is 6.26. The van der Waals surface area contributed by atoms with Crippen LogP contribution in [0.25, 0.3) is 11.0 Å².